The average Bonchev–Trinajstić information content (AvgIpc) is 3.57. The van der Waals surface area contributed by atoms with Crippen molar-refractivity contribution in [3.8, 4) is 5.75 Å². The molecule has 0 bridgehead atoms. The Labute approximate surface area is 284 Å². The maximum absolute atomic E-state index is 6.50. The Balaban J connectivity index is 1.20. The van der Waals surface area contributed by atoms with Gasteiger partial charge in [0.05, 0.1) is 5.69 Å². The maximum Gasteiger partial charge on any atom is 0.263 e. The fourth-order valence-electron chi connectivity index (χ4n) is 6.96. The second-order valence-corrected chi connectivity index (χ2v) is 14.8. The molecule has 0 unspecified atom stereocenters. The Bertz CT molecular complexity index is 1490. The lowest BCUT2D eigenvalue weighted by Gasteiger charge is -2.26. The number of unbranched alkanes of at least 4 members (excludes halogenated alkanes) is 2. The minimum absolute atomic E-state index is 0.744. The van der Waals surface area contributed by atoms with Crippen LogP contribution in [0.5, 0.6) is 5.75 Å². The molecule has 3 aliphatic rings. The minimum atomic E-state index is 0.744. The Morgan fingerprint density at radius 3 is 2.18 bits per heavy atom. The highest BCUT2D eigenvalue weighted by atomic mass is 35.5. The maximum atomic E-state index is 6.50. The molecule has 242 valence electrons. The molecule has 0 atom stereocenters. The lowest BCUT2D eigenvalue weighted by molar-refractivity contribution is -0.669. The molecule has 8 heteroatoms. The van der Waals surface area contributed by atoms with Gasteiger partial charge in [0, 0.05) is 41.2 Å². The molecule has 1 aromatic heterocycles. The van der Waals surface area contributed by atoms with Crippen LogP contribution in [-0.2, 0) is 6.54 Å². The lowest BCUT2D eigenvalue weighted by atomic mass is 10.1. The van der Waals surface area contributed by atoms with Crippen molar-refractivity contribution in [2.45, 2.75) is 84.1 Å². The molecule has 2 aromatic carbocycles. The van der Waals surface area contributed by atoms with Gasteiger partial charge < -0.3 is 19.4 Å². The fraction of sp³-hybridized carbons (Fsp3) is 0.541. The molecule has 6 rings (SSSR count). The van der Waals surface area contributed by atoms with Gasteiger partial charge in [-0.2, -0.15) is 4.57 Å². The number of ether oxygens (including phenoxy) is 1. The van der Waals surface area contributed by atoms with E-state index in [9.17, 15) is 0 Å². The predicted octanol–water partition coefficient (Wildman–Crippen LogP) is 9.56. The number of nitrogens with zero attached hydrogens (tertiary/aromatic N) is 4. The second kappa shape index (κ2) is 16.1. The number of hydrogen-bond donors (Lipinski definition) is 0. The number of aromatic nitrogens is 1. The highest BCUT2D eigenvalue weighted by Crippen LogP contribution is 2.41. The first-order valence-electron chi connectivity index (χ1n) is 17.3. The van der Waals surface area contributed by atoms with Crippen LogP contribution in [0, 0.1) is 0 Å². The first-order chi connectivity index (χ1) is 22.1. The van der Waals surface area contributed by atoms with Crippen LogP contribution in [0.1, 0.15) is 82.6 Å². The van der Waals surface area contributed by atoms with Gasteiger partial charge in [-0.15, -0.1) is 0 Å². The zero-order valence-corrected chi connectivity index (χ0v) is 29.2. The van der Waals surface area contributed by atoms with E-state index in [4.69, 9.17) is 27.9 Å². The summed E-state index contributed by atoms with van der Waals surface area (Å²) >= 11 is 14.8. The molecule has 5 nitrogen and oxygen atoms in total. The smallest absolute Gasteiger partial charge is 0.263 e. The van der Waals surface area contributed by atoms with E-state index in [1.807, 2.05) is 35.6 Å². The molecule has 2 saturated heterocycles. The van der Waals surface area contributed by atoms with Gasteiger partial charge in [-0.3, -0.25) is 0 Å². The summed E-state index contributed by atoms with van der Waals surface area (Å²) in [6.45, 7) is 11.6. The molecule has 2 fully saturated rings. The zero-order chi connectivity index (χ0) is 31.0. The third-order valence-electron chi connectivity index (χ3n) is 9.52. The molecule has 0 amide bonds. The first-order valence-corrected chi connectivity index (χ1v) is 18.9. The van der Waals surface area contributed by atoms with E-state index in [1.54, 1.807) is 0 Å². The van der Waals surface area contributed by atoms with E-state index >= 15 is 0 Å². The van der Waals surface area contributed by atoms with E-state index in [2.05, 4.69) is 50.5 Å². The van der Waals surface area contributed by atoms with Crippen LogP contribution in [0.3, 0.4) is 0 Å². The lowest BCUT2D eigenvalue weighted by Crippen LogP contribution is -2.36. The summed E-state index contributed by atoms with van der Waals surface area (Å²) in [5.41, 5.74) is 3.55. The van der Waals surface area contributed by atoms with Crippen LogP contribution >= 0.6 is 34.5 Å². The summed E-state index contributed by atoms with van der Waals surface area (Å²) in [6.07, 6.45) is 18.4. The van der Waals surface area contributed by atoms with Crippen molar-refractivity contribution in [2.75, 3.05) is 50.7 Å². The normalized spacial score (nSPS) is 19.0. The summed E-state index contributed by atoms with van der Waals surface area (Å²) in [5, 5.41) is 2.81. The van der Waals surface area contributed by atoms with Crippen molar-refractivity contribution < 1.29 is 9.30 Å². The van der Waals surface area contributed by atoms with Gasteiger partial charge in [0.25, 0.3) is 5.01 Å². The summed E-state index contributed by atoms with van der Waals surface area (Å²) in [4.78, 5) is 7.61. The third kappa shape index (κ3) is 8.64. The van der Waals surface area contributed by atoms with Crippen molar-refractivity contribution >= 4 is 56.5 Å². The fourth-order valence-corrected chi connectivity index (χ4v) is 8.44. The molecular formula is C37H49Cl2N4OS+. The largest absolute Gasteiger partial charge is 0.439 e. The van der Waals surface area contributed by atoms with Crippen LogP contribution in [0.15, 0.2) is 53.9 Å². The van der Waals surface area contributed by atoms with Gasteiger partial charge in [-0.1, -0.05) is 54.3 Å². The number of rotatable bonds is 13. The summed E-state index contributed by atoms with van der Waals surface area (Å²) in [5.74, 6) is 1.79. The van der Waals surface area contributed by atoms with Gasteiger partial charge in [0.1, 0.15) is 4.70 Å². The number of likely N-dealkylation sites (tertiary alicyclic amines) is 2. The Hall–Kier alpha value is -2.09. The van der Waals surface area contributed by atoms with E-state index < -0.39 is 0 Å². The molecule has 0 saturated carbocycles. The van der Waals surface area contributed by atoms with E-state index in [0.29, 0.717) is 0 Å². The molecular weight excluding hydrogens is 619 g/mol. The van der Waals surface area contributed by atoms with Crippen molar-refractivity contribution in [3.05, 3.63) is 69.0 Å². The molecule has 0 radical (unpaired) electrons. The quantitative estimate of drug-likeness (QED) is 0.134. The van der Waals surface area contributed by atoms with Crippen LogP contribution in [0.25, 0.3) is 16.3 Å². The van der Waals surface area contributed by atoms with E-state index in [-0.39, 0.29) is 0 Å². The molecule has 0 aliphatic carbocycles. The Kier molecular flexibility index (Phi) is 11.8. The molecule has 0 spiro atoms. The SMILES string of the molecule is CCC(=Cc1sc2ccc(Cl)cc2[n+]1CCCCN1CCCCC1)C=C1Oc2ccc(Cl)cc2N1CCCCN1CCCCC1. The number of halogens is 2. The van der Waals surface area contributed by atoms with Gasteiger partial charge in [-0.05, 0) is 127 Å². The molecule has 0 N–H and O–H groups in total. The number of allylic oxidation sites excluding steroid dienone is 2. The van der Waals surface area contributed by atoms with Crippen LogP contribution < -0.4 is 14.2 Å². The van der Waals surface area contributed by atoms with Crippen LogP contribution in [0.4, 0.5) is 5.69 Å². The molecule has 3 aliphatic heterocycles. The molecule has 4 heterocycles. The minimum Gasteiger partial charge on any atom is -0.439 e. The predicted molar refractivity (Wildman–Crippen MR) is 192 cm³/mol. The number of fused-ring (bicyclic) bond motifs is 2. The van der Waals surface area contributed by atoms with E-state index in [1.165, 1.54) is 111 Å². The first kappa shape index (κ1) is 32.8. The number of piperidine rings is 2. The van der Waals surface area contributed by atoms with Gasteiger partial charge in [0.15, 0.2) is 12.3 Å². The topological polar surface area (TPSA) is 22.8 Å². The molecule has 45 heavy (non-hydrogen) atoms. The highest BCUT2D eigenvalue weighted by molar-refractivity contribution is 7.18. The zero-order valence-electron chi connectivity index (χ0n) is 26.9. The number of hydrogen-bond acceptors (Lipinski definition) is 5. The van der Waals surface area contributed by atoms with Gasteiger partial charge in [-0.25, -0.2) is 0 Å². The highest BCUT2D eigenvalue weighted by Gasteiger charge is 2.27. The van der Waals surface area contributed by atoms with Crippen molar-refractivity contribution in [2.24, 2.45) is 0 Å². The number of benzene rings is 2. The molecule has 3 aromatic rings. The monoisotopic (exact) mass is 667 g/mol. The second-order valence-electron chi connectivity index (χ2n) is 12.8. The number of thiazole rings is 1. The van der Waals surface area contributed by atoms with E-state index in [0.717, 1.165) is 59.7 Å². The summed E-state index contributed by atoms with van der Waals surface area (Å²) in [7, 11) is 0. The Morgan fingerprint density at radius 2 is 1.47 bits per heavy atom. The number of anilines is 1. The third-order valence-corrected chi connectivity index (χ3v) is 11.1. The number of aryl methyl sites for hydroxylation is 1. The standard InChI is InChI=1S/C37H49Cl2N4OS/c1-2-29(25-36-42(32-27-30(38)13-15-34(32)44-36)23-11-9-21-40-17-5-3-6-18-40)26-37-43(33-28-31(39)14-16-35(33)45-37)24-12-10-22-41-19-7-4-8-20-41/h13-16,25-28H,2-12,17-24H2,1H3/q+1. The van der Waals surface area contributed by atoms with Crippen LogP contribution in [-0.4, -0.2) is 55.6 Å². The summed E-state index contributed by atoms with van der Waals surface area (Å²) < 4.78 is 10.2. The van der Waals surface area contributed by atoms with Gasteiger partial charge >= 0.3 is 0 Å². The average molecular weight is 669 g/mol. The van der Waals surface area contributed by atoms with Crippen LogP contribution in [0.2, 0.25) is 10.0 Å². The van der Waals surface area contributed by atoms with Gasteiger partial charge in [0.2, 0.25) is 11.4 Å². The summed E-state index contributed by atoms with van der Waals surface area (Å²) in [6, 6.07) is 12.3. The Morgan fingerprint density at radius 1 is 0.822 bits per heavy atom. The van der Waals surface area contributed by atoms with Crippen molar-refractivity contribution in [1.29, 1.82) is 0 Å². The van der Waals surface area contributed by atoms with Crippen molar-refractivity contribution in [3.63, 3.8) is 0 Å². The van der Waals surface area contributed by atoms with Crippen molar-refractivity contribution in [1.82, 2.24) is 9.80 Å².